The Morgan fingerprint density at radius 2 is 1.65 bits per heavy atom. The number of nitrogens with zero attached hydrogens (tertiary/aromatic N) is 2. The first-order valence-corrected chi connectivity index (χ1v) is 14.9. The molecule has 0 bridgehead atoms. The minimum absolute atomic E-state index is 0.0471. The summed E-state index contributed by atoms with van der Waals surface area (Å²) in [5, 5.41) is 3.14. The van der Waals surface area contributed by atoms with Crippen molar-refractivity contribution in [3.05, 3.63) is 88.9 Å². The largest absolute Gasteiger partial charge is 0.486 e. The van der Waals surface area contributed by atoms with Crippen LogP contribution in [0.25, 0.3) is 0 Å². The van der Waals surface area contributed by atoms with Gasteiger partial charge in [-0.05, 0) is 42.3 Å². The summed E-state index contributed by atoms with van der Waals surface area (Å²) in [7, 11) is -2.39. The third kappa shape index (κ3) is 7.05. The summed E-state index contributed by atoms with van der Waals surface area (Å²) < 4.78 is 38.8. The summed E-state index contributed by atoms with van der Waals surface area (Å²) in [5.41, 5.74) is 1.82. The molecule has 1 atom stereocenters. The topological polar surface area (TPSA) is 105 Å². The molecule has 1 N–H and O–H groups in total. The summed E-state index contributed by atoms with van der Waals surface area (Å²) in [6.45, 7) is 1.76. The van der Waals surface area contributed by atoms with Gasteiger partial charge in [-0.25, -0.2) is 8.42 Å². The third-order valence-electron chi connectivity index (χ3n) is 6.55. The fourth-order valence-corrected chi connectivity index (χ4v) is 5.73. The number of carbonyl (C=O) groups excluding carboxylic acids is 2. The molecule has 0 unspecified atom stereocenters. The van der Waals surface area contributed by atoms with Crippen molar-refractivity contribution in [2.45, 2.75) is 25.9 Å². The van der Waals surface area contributed by atoms with Gasteiger partial charge in [-0.1, -0.05) is 54.1 Å². The number of anilines is 1. The molecule has 1 aliphatic rings. The molecule has 212 valence electrons. The molecule has 3 aromatic carbocycles. The molecule has 40 heavy (non-hydrogen) atoms. The van der Waals surface area contributed by atoms with Crippen molar-refractivity contribution >= 4 is 39.1 Å². The van der Waals surface area contributed by atoms with Crippen LogP contribution in [0.4, 0.5) is 5.69 Å². The molecule has 0 aromatic heterocycles. The zero-order valence-electron chi connectivity index (χ0n) is 22.4. The van der Waals surface area contributed by atoms with E-state index in [1.54, 1.807) is 42.5 Å². The predicted octanol–water partition coefficient (Wildman–Crippen LogP) is 3.65. The lowest BCUT2D eigenvalue weighted by Crippen LogP contribution is -2.53. The monoisotopic (exact) mass is 585 g/mol. The highest BCUT2D eigenvalue weighted by Gasteiger charge is 2.33. The number of nitrogens with one attached hydrogen (secondary N) is 1. The Kier molecular flexibility index (Phi) is 9.54. The first kappa shape index (κ1) is 29.2. The smallest absolute Gasteiger partial charge is 0.244 e. The lowest BCUT2D eigenvalue weighted by molar-refractivity contribution is -0.139. The molecule has 0 radical (unpaired) electrons. The molecular formula is C29H32ClN3O6S. The van der Waals surface area contributed by atoms with E-state index in [4.69, 9.17) is 21.1 Å². The second kappa shape index (κ2) is 13.1. The van der Waals surface area contributed by atoms with E-state index in [0.717, 1.165) is 9.87 Å². The zero-order chi connectivity index (χ0) is 28.7. The summed E-state index contributed by atoms with van der Waals surface area (Å²) in [6.07, 6.45) is 0.234. The number of carbonyl (C=O) groups is 2. The van der Waals surface area contributed by atoms with E-state index < -0.39 is 28.5 Å². The number of benzene rings is 3. The SMILES string of the molecule is CCS(=O)(=O)N(CC(=O)N(Cc1cccc(Cl)c1)[C@H](Cc1ccccc1)C(=O)NC)c1ccc2c(c1)OCCO2. The quantitative estimate of drug-likeness (QED) is 0.368. The Labute approximate surface area is 239 Å². The van der Waals surface area contributed by atoms with Crippen LogP contribution in [0.1, 0.15) is 18.1 Å². The van der Waals surface area contributed by atoms with E-state index in [1.165, 1.54) is 18.9 Å². The molecule has 1 heterocycles. The van der Waals surface area contributed by atoms with E-state index >= 15 is 0 Å². The highest BCUT2D eigenvalue weighted by atomic mass is 35.5. The highest BCUT2D eigenvalue weighted by molar-refractivity contribution is 7.92. The molecule has 0 saturated heterocycles. The fourth-order valence-electron chi connectivity index (χ4n) is 4.46. The van der Waals surface area contributed by atoms with Crippen LogP contribution in [0.15, 0.2) is 72.8 Å². The number of amides is 2. The van der Waals surface area contributed by atoms with E-state index in [9.17, 15) is 18.0 Å². The van der Waals surface area contributed by atoms with Crippen molar-refractivity contribution < 1.29 is 27.5 Å². The molecule has 9 nitrogen and oxygen atoms in total. The second-order valence-electron chi connectivity index (χ2n) is 9.21. The number of hydrogen-bond acceptors (Lipinski definition) is 6. The molecule has 4 rings (SSSR count). The second-order valence-corrected chi connectivity index (χ2v) is 11.8. The van der Waals surface area contributed by atoms with Crippen molar-refractivity contribution in [3.8, 4) is 11.5 Å². The van der Waals surface area contributed by atoms with Gasteiger partial charge >= 0.3 is 0 Å². The van der Waals surface area contributed by atoms with Crippen LogP contribution in [0.2, 0.25) is 5.02 Å². The number of likely N-dealkylation sites (N-methyl/N-ethyl adjacent to an activating group) is 1. The van der Waals surface area contributed by atoms with Gasteiger partial charge in [-0.3, -0.25) is 13.9 Å². The highest BCUT2D eigenvalue weighted by Crippen LogP contribution is 2.35. The van der Waals surface area contributed by atoms with Gasteiger partial charge < -0.3 is 19.7 Å². The number of fused-ring (bicyclic) bond motifs is 1. The van der Waals surface area contributed by atoms with Crippen molar-refractivity contribution in [1.82, 2.24) is 10.2 Å². The Hall–Kier alpha value is -3.76. The molecule has 11 heteroatoms. The molecule has 0 spiro atoms. The average molecular weight is 586 g/mol. The van der Waals surface area contributed by atoms with Gasteiger partial charge in [0.05, 0.1) is 11.4 Å². The first-order valence-electron chi connectivity index (χ1n) is 12.9. The van der Waals surface area contributed by atoms with E-state index in [0.29, 0.717) is 35.3 Å². The fraction of sp³-hybridized carbons (Fsp3) is 0.310. The lowest BCUT2D eigenvalue weighted by Gasteiger charge is -2.33. The van der Waals surface area contributed by atoms with Crippen LogP contribution in [0.5, 0.6) is 11.5 Å². The Balaban J connectivity index is 1.73. The number of ether oxygens (including phenoxy) is 2. The normalized spacial score (nSPS) is 13.3. The summed E-state index contributed by atoms with van der Waals surface area (Å²) in [5.74, 6) is -0.248. The molecule has 1 aliphatic heterocycles. The van der Waals surface area contributed by atoms with Crippen molar-refractivity contribution in [2.75, 3.05) is 36.9 Å². The van der Waals surface area contributed by atoms with Gasteiger partial charge in [0.1, 0.15) is 25.8 Å². The van der Waals surface area contributed by atoms with E-state index in [-0.39, 0.29) is 30.3 Å². The number of hydrogen-bond donors (Lipinski definition) is 1. The molecule has 0 aliphatic carbocycles. The Bertz CT molecular complexity index is 1450. The summed E-state index contributed by atoms with van der Waals surface area (Å²) >= 11 is 6.22. The zero-order valence-corrected chi connectivity index (χ0v) is 24.0. The standard InChI is InChI=1S/C29H32ClN3O6S/c1-3-40(36,37)33(24-12-13-26-27(18-24)39-15-14-38-26)20-28(34)32(19-22-10-7-11-23(30)16-22)25(29(35)31-2)17-21-8-5-4-6-9-21/h4-13,16,18,25H,3,14-15,17,19-20H2,1-2H3,(H,31,35)/t25-/m1/s1. The third-order valence-corrected chi connectivity index (χ3v) is 8.53. The van der Waals surface area contributed by atoms with Gasteiger partial charge in [-0.15, -0.1) is 0 Å². The predicted molar refractivity (Wildman–Crippen MR) is 154 cm³/mol. The molecular weight excluding hydrogens is 554 g/mol. The van der Waals surface area contributed by atoms with Crippen molar-refractivity contribution in [1.29, 1.82) is 0 Å². The molecule has 0 saturated carbocycles. The Morgan fingerprint density at radius 3 is 2.33 bits per heavy atom. The Morgan fingerprint density at radius 1 is 0.950 bits per heavy atom. The van der Waals surface area contributed by atoms with Crippen LogP contribution >= 0.6 is 11.6 Å². The molecule has 0 fully saturated rings. The minimum atomic E-state index is -3.89. The van der Waals surface area contributed by atoms with Crippen molar-refractivity contribution in [3.63, 3.8) is 0 Å². The summed E-state index contributed by atoms with van der Waals surface area (Å²) in [6, 6.07) is 20.2. The number of rotatable bonds is 11. The summed E-state index contributed by atoms with van der Waals surface area (Å²) in [4.78, 5) is 28.7. The lowest BCUT2D eigenvalue weighted by atomic mass is 10.0. The van der Waals surface area contributed by atoms with Gasteiger partial charge in [0.2, 0.25) is 21.8 Å². The van der Waals surface area contributed by atoms with Crippen LogP contribution in [-0.2, 0) is 32.6 Å². The van der Waals surface area contributed by atoms with Crippen molar-refractivity contribution in [2.24, 2.45) is 0 Å². The maximum Gasteiger partial charge on any atom is 0.244 e. The van der Waals surface area contributed by atoms with Gasteiger partial charge in [0.15, 0.2) is 11.5 Å². The number of halogens is 1. The van der Waals surface area contributed by atoms with E-state index in [1.807, 2.05) is 30.3 Å². The van der Waals surface area contributed by atoms with Gasteiger partial charge in [-0.2, -0.15) is 0 Å². The van der Waals surface area contributed by atoms with Gasteiger partial charge in [0, 0.05) is 31.1 Å². The van der Waals surface area contributed by atoms with Crippen LogP contribution in [0.3, 0.4) is 0 Å². The average Bonchev–Trinajstić information content (AvgIpc) is 2.97. The number of sulfonamides is 1. The van der Waals surface area contributed by atoms with Crippen LogP contribution in [0, 0.1) is 0 Å². The van der Waals surface area contributed by atoms with Crippen LogP contribution < -0.4 is 19.1 Å². The molecule has 3 aromatic rings. The van der Waals surface area contributed by atoms with Crippen LogP contribution in [-0.4, -0.2) is 63.7 Å². The maximum atomic E-state index is 14.1. The van der Waals surface area contributed by atoms with Gasteiger partial charge in [0.25, 0.3) is 0 Å². The minimum Gasteiger partial charge on any atom is -0.486 e. The van der Waals surface area contributed by atoms with E-state index in [2.05, 4.69) is 5.32 Å². The maximum absolute atomic E-state index is 14.1. The molecule has 2 amide bonds. The first-order chi connectivity index (χ1) is 19.2.